The highest BCUT2D eigenvalue weighted by Gasteiger charge is 2.21. The van der Waals surface area contributed by atoms with Crippen LogP contribution in [0.2, 0.25) is 0 Å². The Morgan fingerprint density at radius 2 is 2.12 bits per heavy atom. The Kier molecular flexibility index (Phi) is 5.05. The van der Waals surface area contributed by atoms with Crippen molar-refractivity contribution in [3.8, 4) is 5.69 Å². The third kappa shape index (κ3) is 4.09. The number of ether oxygens (including phenoxy) is 1. The number of nitrogens with one attached hydrogen (secondary N) is 1. The number of aromatic nitrogens is 3. The molecule has 1 aliphatic heterocycles. The molecule has 0 atom stereocenters. The number of carbonyl (C=O) groups is 2. The largest absolute Gasteiger partial charge is 0.448 e. The fourth-order valence-corrected chi connectivity index (χ4v) is 2.41. The summed E-state index contributed by atoms with van der Waals surface area (Å²) in [6.07, 6.45) is 2.28. The molecule has 8 nitrogen and oxygen atoms in total. The van der Waals surface area contributed by atoms with E-state index < -0.39 is 0 Å². The fraction of sp³-hybridized carbons (Fsp3) is 0.375. The Bertz CT molecular complexity index is 701. The Balaban J connectivity index is 1.40. The zero-order chi connectivity index (χ0) is 16.8. The zero-order valence-electron chi connectivity index (χ0n) is 13.2. The molecule has 1 N–H and O–H groups in total. The van der Waals surface area contributed by atoms with Crippen molar-refractivity contribution < 1.29 is 14.3 Å². The van der Waals surface area contributed by atoms with Gasteiger partial charge < -0.3 is 15.0 Å². The highest BCUT2D eigenvalue weighted by atomic mass is 16.6. The van der Waals surface area contributed by atoms with Crippen LogP contribution in [0.15, 0.2) is 36.7 Å². The second kappa shape index (κ2) is 7.58. The monoisotopic (exact) mass is 329 g/mol. The highest BCUT2D eigenvalue weighted by Crippen LogP contribution is 2.06. The van der Waals surface area contributed by atoms with E-state index in [4.69, 9.17) is 4.74 Å². The Hall–Kier alpha value is -2.90. The quantitative estimate of drug-likeness (QED) is 0.822. The first kappa shape index (κ1) is 16.0. The number of hydrogen-bond acceptors (Lipinski definition) is 5. The molecule has 2 amide bonds. The van der Waals surface area contributed by atoms with Gasteiger partial charge in [0.05, 0.1) is 18.8 Å². The van der Waals surface area contributed by atoms with Gasteiger partial charge in [-0.05, 0) is 18.6 Å². The molecule has 1 saturated heterocycles. The Morgan fingerprint density at radius 1 is 1.29 bits per heavy atom. The van der Waals surface area contributed by atoms with Gasteiger partial charge in [-0.3, -0.25) is 4.79 Å². The summed E-state index contributed by atoms with van der Waals surface area (Å²) in [4.78, 5) is 28.9. The first-order valence-corrected chi connectivity index (χ1v) is 7.87. The zero-order valence-corrected chi connectivity index (χ0v) is 13.2. The van der Waals surface area contributed by atoms with Crippen molar-refractivity contribution in [3.63, 3.8) is 0 Å². The predicted molar refractivity (Wildman–Crippen MR) is 85.4 cm³/mol. The summed E-state index contributed by atoms with van der Waals surface area (Å²) in [5, 5.41) is 7.12. The summed E-state index contributed by atoms with van der Waals surface area (Å²) in [7, 11) is 0. The molecule has 1 fully saturated rings. The van der Waals surface area contributed by atoms with Crippen molar-refractivity contribution in [1.82, 2.24) is 25.0 Å². The van der Waals surface area contributed by atoms with Gasteiger partial charge >= 0.3 is 6.09 Å². The molecule has 24 heavy (non-hydrogen) atoms. The Morgan fingerprint density at radius 3 is 2.88 bits per heavy atom. The maximum atomic E-state index is 11.8. The molecule has 0 unspecified atom stereocenters. The SMILES string of the molecule is O=C(CCCN1CCOC1=O)NCc1ncn(-c2ccccc2)n1. The van der Waals surface area contributed by atoms with Crippen LogP contribution in [-0.2, 0) is 16.1 Å². The van der Waals surface area contributed by atoms with Gasteiger partial charge in [0.1, 0.15) is 12.9 Å². The normalized spacial score (nSPS) is 13.8. The van der Waals surface area contributed by atoms with E-state index in [0.29, 0.717) is 38.4 Å². The molecule has 1 aromatic heterocycles. The van der Waals surface area contributed by atoms with Crippen molar-refractivity contribution in [2.45, 2.75) is 19.4 Å². The number of amides is 2. The number of rotatable bonds is 7. The first-order valence-electron chi connectivity index (χ1n) is 7.87. The van der Waals surface area contributed by atoms with E-state index in [1.165, 1.54) is 0 Å². The third-order valence-corrected chi connectivity index (χ3v) is 3.68. The van der Waals surface area contributed by atoms with Crippen LogP contribution < -0.4 is 5.32 Å². The summed E-state index contributed by atoms with van der Waals surface area (Å²) in [6.45, 7) is 1.85. The molecule has 2 aromatic rings. The molecule has 0 radical (unpaired) electrons. The van der Waals surface area contributed by atoms with E-state index >= 15 is 0 Å². The van der Waals surface area contributed by atoms with Crippen LogP contribution in [0, 0.1) is 0 Å². The second-order valence-electron chi connectivity index (χ2n) is 5.42. The minimum absolute atomic E-state index is 0.0846. The van der Waals surface area contributed by atoms with Crippen molar-refractivity contribution in [2.24, 2.45) is 0 Å². The number of hydrogen-bond donors (Lipinski definition) is 1. The summed E-state index contributed by atoms with van der Waals surface area (Å²) in [6, 6.07) is 9.65. The standard InChI is InChI=1S/C16H19N5O3/c22-15(7-4-8-20-9-10-24-16(20)23)17-11-14-18-12-21(19-14)13-5-2-1-3-6-13/h1-3,5-6,12H,4,7-11H2,(H,17,22). The molecule has 0 spiro atoms. The van der Waals surface area contributed by atoms with Crippen molar-refractivity contribution in [2.75, 3.05) is 19.7 Å². The lowest BCUT2D eigenvalue weighted by Gasteiger charge is -2.11. The average Bonchev–Trinajstić information content (AvgIpc) is 3.23. The van der Waals surface area contributed by atoms with Crippen LogP contribution in [0.3, 0.4) is 0 Å². The van der Waals surface area contributed by atoms with E-state index in [1.807, 2.05) is 30.3 Å². The smallest absolute Gasteiger partial charge is 0.409 e. The van der Waals surface area contributed by atoms with Crippen LogP contribution in [0.25, 0.3) is 5.69 Å². The van der Waals surface area contributed by atoms with Gasteiger partial charge in [-0.2, -0.15) is 0 Å². The highest BCUT2D eigenvalue weighted by molar-refractivity contribution is 5.75. The van der Waals surface area contributed by atoms with Gasteiger partial charge in [0.15, 0.2) is 5.82 Å². The lowest BCUT2D eigenvalue weighted by molar-refractivity contribution is -0.121. The maximum absolute atomic E-state index is 11.8. The first-order chi connectivity index (χ1) is 11.7. The van der Waals surface area contributed by atoms with Crippen LogP contribution in [-0.4, -0.2) is 51.4 Å². The van der Waals surface area contributed by atoms with Crippen LogP contribution in [0.1, 0.15) is 18.7 Å². The number of cyclic esters (lactones) is 1. The van der Waals surface area contributed by atoms with Gasteiger partial charge in [-0.15, -0.1) is 5.10 Å². The topological polar surface area (TPSA) is 89.4 Å². The van der Waals surface area contributed by atoms with Gasteiger partial charge in [-0.25, -0.2) is 14.5 Å². The van der Waals surface area contributed by atoms with Gasteiger partial charge in [0.2, 0.25) is 5.91 Å². The third-order valence-electron chi connectivity index (χ3n) is 3.68. The molecular formula is C16H19N5O3. The molecule has 8 heteroatoms. The van der Waals surface area contributed by atoms with E-state index in [-0.39, 0.29) is 18.5 Å². The average molecular weight is 329 g/mol. The number of nitrogens with zero attached hydrogens (tertiary/aromatic N) is 4. The van der Waals surface area contributed by atoms with Crippen LogP contribution in [0.4, 0.5) is 4.79 Å². The van der Waals surface area contributed by atoms with Crippen molar-refractivity contribution in [1.29, 1.82) is 0 Å². The van der Waals surface area contributed by atoms with Gasteiger partial charge in [-0.1, -0.05) is 18.2 Å². The van der Waals surface area contributed by atoms with E-state index in [9.17, 15) is 9.59 Å². The summed E-state index contributed by atoms with van der Waals surface area (Å²) < 4.78 is 6.50. The molecule has 0 saturated carbocycles. The molecule has 1 aliphatic rings. The number of benzene rings is 1. The van der Waals surface area contributed by atoms with E-state index in [2.05, 4.69) is 15.4 Å². The lowest BCUT2D eigenvalue weighted by Crippen LogP contribution is -2.28. The molecule has 0 aliphatic carbocycles. The molecular weight excluding hydrogens is 310 g/mol. The summed E-state index contributed by atoms with van der Waals surface area (Å²) in [5.74, 6) is 0.467. The molecule has 2 heterocycles. The minimum atomic E-state index is -0.300. The fourth-order valence-electron chi connectivity index (χ4n) is 2.41. The van der Waals surface area contributed by atoms with Crippen molar-refractivity contribution in [3.05, 3.63) is 42.5 Å². The molecule has 126 valence electrons. The molecule has 0 bridgehead atoms. The number of carbonyl (C=O) groups excluding carboxylic acids is 2. The minimum Gasteiger partial charge on any atom is -0.448 e. The molecule has 3 rings (SSSR count). The van der Waals surface area contributed by atoms with Gasteiger partial charge in [0.25, 0.3) is 0 Å². The van der Waals surface area contributed by atoms with E-state index in [0.717, 1.165) is 5.69 Å². The van der Waals surface area contributed by atoms with Gasteiger partial charge in [0, 0.05) is 13.0 Å². The lowest BCUT2D eigenvalue weighted by atomic mass is 10.3. The van der Waals surface area contributed by atoms with E-state index in [1.54, 1.807) is 15.9 Å². The Labute approximate surface area is 139 Å². The summed E-state index contributed by atoms with van der Waals surface area (Å²) in [5.41, 5.74) is 0.917. The predicted octanol–water partition coefficient (Wildman–Crippen LogP) is 1.12. The maximum Gasteiger partial charge on any atom is 0.409 e. The van der Waals surface area contributed by atoms with Crippen LogP contribution >= 0.6 is 0 Å². The number of para-hydroxylation sites is 1. The van der Waals surface area contributed by atoms with Crippen molar-refractivity contribution >= 4 is 12.0 Å². The molecule has 1 aromatic carbocycles. The summed E-state index contributed by atoms with van der Waals surface area (Å²) >= 11 is 0. The van der Waals surface area contributed by atoms with Crippen LogP contribution in [0.5, 0.6) is 0 Å². The second-order valence-corrected chi connectivity index (χ2v) is 5.42.